The molecule has 1 aromatic heterocycles. The predicted octanol–water partition coefficient (Wildman–Crippen LogP) is 8.13. The van der Waals surface area contributed by atoms with Crippen molar-refractivity contribution in [3.05, 3.63) is 68.0 Å². The number of para-hydroxylation sites is 1. The van der Waals surface area contributed by atoms with Crippen molar-refractivity contribution < 1.29 is 24.2 Å². The van der Waals surface area contributed by atoms with Gasteiger partial charge in [0.15, 0.2) is 5.13 Å². The Bertz CT molecular complexity index is 1320. The van der Waals surface area contributed by atoms with Gasteiger partial charge in [0.25, 0.3) is 5.91 Å². The number of ether oxygens (including phenoxy) is 2. The van der Waals surface area contributed by atoms with Crippen LogP contribution >= 0.6 is 34.5 Å². The van der Waals surface area contributed by atoms with Crippen LogP contribution in [0.4, 0.5) is 5.13 Å². The van der Waals surface area contributed by atoms with E-state index in [1.807, 2.05) is 23.6 Å². The van der Waals surface area contributed by atoms with Crippen LogP contribution in [0.5, 0.6) is 5.75 Å². The number of thiazole rings is 1. The Morgan fingerprint density at radius 1 is 1.18 bits per heavy atom. The van der Waals surface area contributed by atoms with E-state index in [0.29, 0.717) is 28.7 Å². The highest BCUT2D eigenvalue weighted by Gasteiger charge is 2.21. The van der Waals surface area contributed by atoms with E-state index in [-0.39, 0.29) is 27.3 Å². The van der Waals surface area contributed by atoms with E-state index < -0.39 is 11.9 Å². The standard InChI is InChI=1S/C28H30Cl2N2O5S/c1-5-8-24(37-11-6-2)19-10-7-9-18(25(19)36-4)23-15-38-28(31-23)32-26(33)17-13-21(29)20(22(30)14-17)12-16(3)27(34)35/h7,9-10,12-15,24H,5-6,8,11H2,1-4H3,(H,34,35)(H,31,32,33)/b16-12+. The van der Waals surface area contributed by atoms with E-state index in [4.69, 9.17) is 37.8 Å². The maximum Gasteiger partial charge on any atom is 0.331 e. The summed E-state index contributed by atoms with van der Waals surface area (Å²) >= 11 is 13.9. The number of rotatable bonds is 12. The van der Waals surface area contributed by atoms with Gasteiger partial charge in [0.05, 0.1) is 29.0 Å². The van der Waals surface area contributed by atoms with E-state index in [0.717, 1.165) is 30.4 Å². The average molecular weight is 578 g/mol. The fraction of sp³-hybridized carbons (Fsp3) is 0.321. The number of carboxylic acid groups (broad SMARTS) is 1. The first-order valence-corrected chi connectivity index (χ1v) is 13.8. The lowest BCUT2D eigenvalue weighted by atomic mass is 9.99. The lowest BCUT2D eigenvalue weighted by Gasteiger charge is -2.21. The molecule has 0 aliphatic heterocycles. The highest BCUT2D eigenvalue weighted by molar-refractivity contribution is 7.14. The molecule has 1 amide bonds. The number of anilines is 1. The maximum absolute atomic E-state index is 12.9. The van der Waals surface area contributed by atoms with Gasteiger partial charge in [-0.2, -0.15) is 0 Å². The van der Waals surface area contributed by atoms with Gasteiger partial charge in [-0.1, -0.05) is 55.6 Å². The van der Waals surface area contributed by atoms with Crippen LogP contribution in [0, 0.1) is 0 Å². The summed E-state index contributed by atoms with van der Waals surface area (Å²) in [5.41, 5.74) is 3.05. The molecule has 0 aliphatic carbocycles. The Labute approximate surface area is 236 Å². The van der Waals surface area contributed by atoms with Crippen molar-refractivity contribution in [3.8, 4) is 17.0 Å². The highest BCUT2D eigenvalue weighted by atomic mass is 35.5. The normalized spacial score (nSPS) is 12.3. The van der Waals surface area contributed by atoms with E-state index in [2.05, 4.69) is 24.1 Å². The summed E-state index contributed by atoms with van der Waals surface area (Å²) in [6, 6.07) is 8.77. The number of nitrogens with one attached hydrogen (secondary N) is 1. The first kappa shape index (κ1) is 29.6. The molecule has 1 atom stereocenters. The van der Waals surface area contributed by atoms with Crippen molar-refractivity contribution >= 4 is 57.6 Å². The molecule has 10 heteroatoms. The van der Waals surface area contributed by atoms with Crippen LogP contribution in [0.25, 0.3) is 17.3 Å². The molecule has 0 saturated carbocycles. The van der Waals surface area contributed by atoms with Crippen molar-refractivity contribution in [1.29, 1.82) is 0 Å². The monoisotopic (exact) mass is 576 g/mol. The number of amides is 1. The minimum Gasteiger partial charge on any atom is -0.496 e. The molecule has 1 unspecified atom stereocenters. The van der Waals surface area contributed by atoms with Crippen LogP contribution in [-0.4, -0.2) is 35.7 Å². The topological polar surface area (TPSA) is 97.8 Å². The van der Waals surface area contributed by atoms with Gasteiger partial charge >= 0.3 is 5.97 Å². The molecular formula is C28H30Cl2N2O5S. The van der Waals surface area contributed by atoms with E-state index >= 15 is 0 Å². The predicted molar refractivity (Wildman–Crippen MR) is 154 cm³/mol. The fourth-order valence-corrected chi connectivity index (χ4v) is 5.15. The molecule has 2 aromatic carbocycles. The number of nitrogens with zero attached hydrogens (tertiary/aromatic N) is 1. The van der Waals surface area contributed by atoms with Gasteiger partial charge in [0, 0.05) is 39.8 Å². The maximum atomic E-state index is 12.9. The molecule has 3 aromatic rings. The molecule has 38 heavy (non-hydrogen) atoms. The molecule has 0 spiro atoms. The third-order valence-corrected chi connectivity index (χ3v) is 7.09. The van der Waals surface area contributed by atoms with Gasteiger partial charge in [0.1, 0.15) is 5.75 Å². The Morgan fingerprint density at radius 2 is 1.89 bits per heavy atom. The van der Waals surface area contributed by atoms with Crippen molar-refractivity contribution in [2.45, 2.75) is 46.1 Å². The number of aromatic nitrogens is 1. The largest absolute Gasteiger partial charge is 0.496 e. The third-order valence-electron chi connectivity index (χ3n) is 5.71. The first-order valence-electron chi connectivity index (χ1n) is 12.2. The van der Waals surface area contributed by atoms with Gasteiger partial charge in [-0.05, 0) is 44.0 Å². The van der Waals surface area contributed by atoms with Crippen molar-refractivity contribution in [2.75, 3.05) is 19.0 Å². The number of aliphatic carboxylic acids is 1. The molecule has 0 radical (unpaired) electrons. The van der Waals surface area contributed by atoms with Gasteiger partial charge < -0.3 is 14.6 Å². The van der Waals surface area contributed by atoms with E-state index in [9.17, 15) is 9.59 Å². The second kappa shape index (κ2) is 13.8. The number of hydrogen-bond acceptors (Lipinski definition) is 6. The van der Waals surface area contributed by atoms with Gasteiger partial charge in [-0.15, -0.1) is 11.3 Å². The second-order valence-corrected chi connectivity index (χ2v) is 10.2. The summed E-state index contributed by atoms with van der Waals surface area (Å²) in [5, 5.41) is 14.5. The number of carboxylic acids is 1. The zero-order chi connectivity index (χ0) is 27.8. The Balaban J connectivity index is 1.86. The van der Waals surface area contributed by atoms with Crippen LogP contribution in [0.1, 0.15) is 67.6 Å². The summed E-state index contributed by atoms with van der Waals surface area (Å²) in [4.78, 5) is 28.7. The van der Waals surface area contributed by atoms with E-state index in [1.54, 1.807) is 7.11 Å². The molecule has 3 rings (SSSR count). The van der Waals surface area contributed by atoms with Crippen molar-refractivity contribution in [1.82, 2.24) is 4.98 Å². The molecule has 0 bridgehead atoms. The zero-order valence-corrected chi connectivity index (χ0v) is 24.0. The Morgan fingerprint density at radius 3 is 2.50 bits per heavy atom. The SMILES string of the molecule is CCCOC(CCC)c1cccc(-c2csc(NC(=O)c3cc(Cl)c(/C=C(\C)C(=O)O)c(Cl)c3)n2)c1OC. The first-order chi connectivity index (χ1) is 18.2. The lowest BCUT2D eigenvalue weighted by Crippen LogP contribution is -2.12. The quantitative estimate of drug-likeness (QED) is 0.211. The van der Waals surface area contributed by atoms with Crippen LogP contribution in [0.3, 0.4) is 0 Å². The fourth-order valence-electron chi connectivity index (χ4n) is 3.84. The molecule has 0 aliphatic rings. The molecule has 0 saturated heterocycles. The number of carbonyl (C=O) groups excluding carboxylic acids is 1. The lowest BCUT2D eigenvalue weighted by molar-refractivity contribution is -0.132. The van der Waals surface area contributed by atoms with Gasteiger partial charge in [-0.25, -0.2) is 9.78 Å². The molecule has 7 nitrogen and oxygen atoms in total. The van der Waals surface area contributed by atoms with Crippen LogP contribution in [-0.2, 0) is 9.53 Å². The van der Waals surface area contributed by atoms with Crippen LogP contribution in [0.2, 0.25) is 10.0 Å². The summed E-state index contributed by atoms with van der Waals surface area (Å²) in [7, 11) is 1.63. The Kier molecular flexibility index (Phi) is 10.7. The highest BCUT2D eigenvalue weighted by Crippen LogP contribution is 2.40. The molecule has 202 valence electrons. The summed E-state index contributed by atoms with van der Waals surface area (Å²) in [6.07, 6.45) is 4.04. The molecule has 1 heterocycles. The number of carbonyl (C=O) groups is 2. The number of hydrogen-bond donors (Lipinski definition) is 2. The number of benzene rings is 2. The van der Waals surface area contributed by atoms with Gasteiger partial charge in [-0.3, -0.25) is 10.1 Å². The van der Waals surface area contributed by atoms with Crippen LogP contribution in [0.15, 0.2) is 41.3 Å². The summed E-state index contributed by atoms with van der Waals surface area (Å²) < 4.78 is 11.9. The molecular weight excluding hydrogens is 547 g/mol. The van der Waals surface area contributed by atoms with Gasteiger partial charge in [0.2, 0.25) is 0 Å². The van der Waals surface area contributed by atoms with Crippen LogP contribution < -0.4 is 10.1 Å². The second-order valence-electron chi connectivity index (χ2n) is 8.55. The smallest absolute Gasteiger partial charge is 0.331 e. The Hall–Kier alpha value is -2.91. The number of methoxy groups -OCH3 is 1. The molecule has 0 fully saturated rings. The minimum atomic E-state index is -1.09. The van der Waals surface area contributed by atoms with Crippen molar-refractivity contribution in [2.24, 2.45) is 0 Å². The molecule has 2 N–H and O–H groups in total. The third kappa shape index (κ3) is 7.14. The summed E-state index contributed by atoms with van der Waals surface area (Å²) in [6.45, 7) is 6.29. The van der Waals surface area contributed by atoms with Crippen molar-refractivity contribution in [3.63, 3.8) is 0 Å². The van der Waals surface area contributed by atoms with E-state index in [1.165, 1.54) is 36.5 Å². The zero-order valence-electron chi connectivity index (χ0n) is 21.6. The minimum absolute atomic E-state index is 0.0683. The summed E-state index contributed by atoms with van der Waals surface area (Å²) in [5.74, 6) is -0.837. The number of halogens is 2. The average Bonchev–Trinajstić information content (AvgIpc) is 3.35.